The average molecular weight is 313 g/mol. The molecule has 0 heterocycles. The summed E-state index contributed by atoms with van der Waals surface area (Å²) in [4.78, 5) is 0.223. The van der Waals surface area contributed by atoms with Gasteiger partial charge in [-0.25, -0.2) is 13.1 Å². The van der Waals surface area contributed by atoms with Crippen LogP contribution in [0.1, 0.15) is 39.5 Å². The minimum atomic E-state index is -3.50. The summed E-state index contributed by atoms with van der Waals surface area (Å²) in [6, 6.07) is 4.80. The predicted octanol–water partition coefficient (Wildman–Crippen LogP) is 2.70. The molecular weight excluding hydrogens is 290 g/mol. The zero-order valence-corrected chi connectivity index (χ0v) is 13.4. The van der Waals surface area contributed by atoms with Gasteiger partial charge in [-0.2, -0.15) is 0 Å². The lowest BCUT2D eigenvalue weighted by Crippen LogP contribution is -2.32. The zero-order chi connectivity index (χ0) is 15.3. The minimum Gasteiger partial charge on any atom is -0.490 e. The Hall–Kier alpha value is -1.27. The summed E-state index contributed by atoms with van der Waals surface area (Å²) < 4.78 is 38.5. The molecule has 0 bridgehead atoms. The molecule has 0 atom stereocenters. The third kappa shape index (κ3) is 4.11. The van der Waals surface area contributed by atoms with Gasteiger partial charge in [0.15, 0.2) is 11.5 Å². The Balaban J connectivity index is 2.23. The maximum atomic E-state index is 12.4. The van der Waals surface area contributed by atoms with E-state index >= 15 is 0 Å². The lowest BCUT2D eigenvalue weighted by Gasteiger charge is -2.15. The second-order valence-corrected chi connectivity index (χ2v) is 6.79. The Morgan fingerprint density at radius 2 is 1.71 bits per heavy atom. The van der Waals surface area contributed by atoms with Crippen molar-refractivity contribution in [3.05, 3.63) is 18.2 Å². The molecule has 1 aliphatic carbocycles. The van der Waals surface area contributed by atoms with Gasteiger partial charge in [-0.1, -0.05) is 12.8 Å². The van der Waals surface area contributed by atoms with Crippen LogP contribution in [0.2, 0.25) is 0 Å². The van der Waals surface area contributed by atoms with Gasteiger partial charge in [0.25, 0.3) is 0 Å². The number of benzene rings is 1. The van der Waals surface area contributed by atoms with E-state index in [4.69, 9.17) is 9.47 Å². The van der Waals surface area contributed by atoms with Crippen LogP contribution in [-0.2, 0) is 10.0 Å². The van der Waals surface area contributed by atoms with Crippen molar-refractivity contribution in [2.24, 2.45) is 0 Å². The summed E-state index contributed by atoms with van der Waals surface area (Å²) in [6.45, 7) is 4.70. The van der Waals surface area contributed by atoms with E-state index < -0.39 is 10.0 Å². The molecular formula is C15H23NO4S. The molecule has 1 N–H and O–H groups in total. The topological polar surface area (TPSA) is 64.6 Å². The molecule has 0 unspecified atom stereocenters. The van der Waals surface area contributed by atoms with Crippen LogP contribution in [0.4, 0.5) is 0 Å². The van der Waals surface area contributed by atoms with Crippen molar-refractivity contribution in [2.45, 2.75) is 50.5 Å². The maximum Gasteiger partial charge on any atom is 0.240 e. The predicted molar refractivity (Wildman–Crippen MR) is 81.4 cm³/mol. The fraction of sp³-hybridized carbons (Fsp3) is 0.600. The molecule has 0 aromatic heterocycles. The molecule has 1 aromatic carbocycles. The van der Waals surface area contributed by atoms with Crippen LogP contribution >= 0.6 is 0 Å². The average Bonchev–Trinajstić information content (AvgIpc) is 2.93. The second-order valence-electron chi connectivity index (χ2n) is 5.08. The molecule has 21 heavy (non-hydrogen) atoms. The maximum absolute atomic E-state index is 12.4. The fourth-order valence-electron chi connectivity index (χ4n) is 2.53. The summed E-state index contributed by atoms with van der Waals surface area (Å²) in [5.74, 6) is 1.04. The van der Waals surface area contributed by atoms with Crippen molar-refractivity contribution < 1.29 is 17.9 Å². The Morgan fingerprint density at radius 1 is 1.10 bits per heavy atom. The van der Waals surface area contributed by atoms with E-state index in [1.165, 1.54) is 6.07 Å². The van der Waals surface area contributed by atoms with Crippen LogP contribution < -0.4 is 14.2 Å². The normalized spacial score (nSPS) is 16.1. The molecule has 0 radical (unpaired) electrons. The Labute approximate surface area is 126 Å². The highest BCUT2D eigenvalue weighted by molar-refractivity contribution is 7.89. The summed E-state index contributed by atoms with van der Waals surface area (Å²) in [6.07, 6.45) is 3.99. The van der Waals surface area contributed by atoms with Crippen molar-refractivity contribution >= 4 is 10.0 Å². The van der Waals surface area contributed by atoms with Gasteiger partial charge in [-0.15, -0.1) is 0 Å². The second kappa shape index (κ2) is 7.13. The summed E-state index contributed by atoms with van der Waals surface area (Å²) in [7, 11) is -3.50. The third-order valence-corrected chi connectivity index (χ3v) is 5.02. The van der Waals surface area contributed by atoms with Gasteiger partial charge in [0.05, 0.1) is 18.1 Å². The van der Waals surface area contributed by atoms with Crippen LogP contribution in [0, 0.1) is 0 Å². The molecule has 0 spiro atoms. The van der Waals surface area contributed by atoms with Crippen LogP contribution in [-0.4, -0.2) is 27.7 Å². The zero-order valence-electron chi connectivity index (χ0n) is 12.6. The van der Waals surface area contributed by atoms with E-state index in [-0.39, 0.29) is 10.9 Å². The first-order valence-electron chi connectivity index (χ1n) is 7.48. The number of hydrogen-bond donors (Lipinski definition) is 1. The molecule has 118 valence electrons. The lowest BCUT2D eigenvalue weighted by atomic mass is 10.3. The molecule has 0 amide bonds. The van der Waals surface area contributed by atoms with Gasteiger partial charge in [0, 0.05) is 12.1 Å². The smallest absolute Gasteiger partial charge is 0.240 e. The molecule has 0 saturated heterocycles. The van der Waals surface area contributed by atoms with E-state index in [9.17, 15) is 8.42 Å². The molecule has 1 aromatic rings. The summed E-state index contributed by atoms with van der Waals surface area (Å²) in [5.41, 5.74) is 0. The molecule has 1 saturated carbocycles. The first-order valence-corrected chi connectivity index (χ1v) is 8.97. The van der Waals surface area contributed by atoms with Crippen molar-refractivity contribution in [1.82, 2.24) is 4.72 Å². The van der Waals surface area contributed by atoms with Crippen LogP contribution in [0.25, 0.3) is 0 Å². The first-order chi connectivity index (χ1) is 10.1. The monoisotopic (exact) mass is 313 g/mol. The lowest BCUT2D eigenvalue weighted by molar-refractivity contribution is 0.287. The molecule has 2 rings (SSSR count). The van der Waals surface area contributed by atoms with Crippen LogP contribution in [0.15, 0.2) is 23.1 Å². The number of rotatable bonds is 7. The SMILES string of the molecule is CCOc1ccc(S(=O)(=O)NC2CCCC2)cc1OCC. The summed E-state index contributed by atoms with van der Waals surface area (Å²) in [5, 5.41) is 0. The first kappa shape index (κ1) is 16.1. The van der Waals surface area contributed by atoms with Crippen molar-refractivity contribution in [2.75, 3.05) is 13.2 Å². The van der Waals surface area contributed by atoms with Gasteiger partial charge in [-0.05, 0) is 38.8 Å². The number of hydrogen-bond acceptors (Lipinski definition) is 4. The van der Waals surface area contributed by atoms with Gasteiger partial charge in [-0.3, -0.25) is 0 Å². The molecule has 1 fully saturated rings. The number of ether oxygens (including phenoxy) is 2. The quantitative estimate of drug-likeness (QED) is 0.840. The largest absolute Gasteiger partial charge is 0.490 e. The molecule has 0 aliphatic heterocycles. The molecule has 1 aliphatic rings. The van der Waals surface area contributed by atoms with E-state index in [1.54, 1.807) is 12.1 Å². The van der Waals surface area contributed by atoms with E-state index in [0.717, 1.165) is 25.7 Å². The van der Waals surface area contributed by atoms with Gasteiger partial charge in [0.2, 0.25) is 10.0 Å². The molecule has 5 nitrogen and oxygen atoms in total. The number of nitrogens with one attached hydrogen (secondary N) is 1. The Morgan fingerprint density at radius 3 is 2.33 bits per heavy atom. The van der Waals surface area contributed by atoms with Gasteiger partial charge in [0.1, 0.15) is 0 Å². The van der Waals surface area contributed by atoms with Gasteiger partial charge >= 0.3 is 0 Å². The highest BCUT2D eigenvalue weighted by Gasteiger charge is 2.24. The molecule has 6 heteroatoms. The Bertz CT molecular complexity index is 565. The van der Waals surface area contributed by atoms with Gasteiger partial charge < -0.3 is 9.47 Å². The number of sulfonamides is 1. The van der Waals surface area contributed by atoms with Crippen LogP contribution in [0.3, 0.4) is 0 Å². The van der Waals surface area contributed by atoms with E-state index in [0.29, 0.717) is 24.7 Å². The van der Waals surface area contributed by atoms with E-state index in [1.807, 2.05) is 13.8 Å². The highest BCUT2D eigenvalue weighted by atomic mass is 32.2. The van der Waals surface area contributed by atoms with Crippen molar-refractivity contribution in [3.63, 3.8) is 0 Å². The summed E-state index contributed by atoms with van der Waals surface area (Å²) >= 11 is 0. The Kier molecular flexibility index (Phi) is 5.47. The highest BCUT2D eigenvalue weighted by Crippen LogP contribution is 2.30. The van der Waals surface area contributed by atoms with Crippen LogP contribution in [0.5, 0.6) is 11.5 Å². The standard InChI is InChI=1S/C15H23NO4S/c1-3-19-14-10-9-13(11-15(14)20-4-2)21(17,18)16-12-7-5-6-8-12/h9-12,16H,3-8H2,1-2H3. The minimum absolute atomic E-state index is 0.0529. The van der Waals surface area contributed by atoms with Crippen molar-refractivity contribution in [1.29, 1.82) is 0 Å². The third-order valence-electron chi connectivity index (χ3n) is 3.50. The van der Waals surface area contributed by atoms with Crippen molar-refractivity contribution in [3.8, 4) is 11.5 Å². The van der Waals surface area contributed by atoms with E-state index in [2.05, 4.69) is 4.72 Å². The fourth-order valence-corrected chi connectivity index (χ4v) is 3.85.